The minimum absolute atomic E-state index is 0.0243. The Morgan fingerprint density at radius 3 is 2.75 bits per heavy atom. The Labute approximate surface area is 95.3 Å². The molecule has 16 heavy (non-hydrogen) atoms. The van der Waals surface area contributed by atoms with Crippen LogP contribution in [0.2, 0.25) is 0 Å². The Morgan fingerprint density at radius 2 is 2.25 bits per heavy atom. The molecule has 6 heteroatoms. The Morgan fingerprint density at radius 1 is 1.56 bits per heavy atom. The smallest absolute Gasteiger partial charge is 0.262 e. The topological polar surface area (TPSA) is 76.3 Å². The summed E-state index contributed by atoms with van der Waals surface area (Å²) in [5, 5.41) is -0.0243. The molecular weight excluding hydrogens is 226 g/mol. The molecule has 1 aromatic rings. The highest BCUT2D eigenvalue weighted by atomic mass is 32.2. The van der Waals surface area contributed by atoms with E-state index in [0.717, 1.165) is 12.8 Å². The second kappa shape index (κ2) is 4.03. The van der Waals surface area contributed by atoms with Gasteiger partial charge in [0, 0.05) is 18.8 Å². The molecule has 0 spiro atoms. The Hall–Kier alpha value is -1.14. The van der Waals surface area contributed by atoms with Gasteiger partial charge in [-0.25, -0.2) is 13.4 Å². The Balaban J connectivity index is 2.41. The molecule has 1 fully saturated rings. The molecule has 1 aromatic heterocycles. The van der Waals surface area contributed by atoms with Crippen molar-refractivity contribution in [3.63, 3.8) is 0 Å². The minimum Gasteiger partial charge on any atom is -0.396 e. The fourth-order valence-corrected chi connectivity index (χ4v) is 3.44. The van der Waals surface area contributed by atoms with Gasteiger partial charge in [-0.15, -0.1) is 0 Å². The highest BCUT2D eigenvalue weighted by Gasteiger charge is 2.38. The SMILES string of the molecule is CCN(C1CC1)S(=O)(=O)c1ncccc1N. The molecule has 88 valence electrons. The molecule has 2 rings (SSSR count). The van der Waals surface area contributed by atoms with Gasteiger partial charge in [0.2, 0.25) is 0 Å². The van der Waals surface area contributed by atoms with Crippen molar-refractivity contribution in [1.82, 2.24) is 9.29 Å². The highest BCUT2D eigenvalue weighted by Crippen LogP contribution is 2.32. The molecule has 0 aliphatic heterocycles. The van der Waals surface area contributed by atoms with Crippen LogP contribution in [0.15, 0.2) is 23.4 Å². The van der Waals surface area contributed by atoms with Crippen LogP contribution in [0.3, 0.4) is 0 Å². The number of hydrogen-bond acceptors (Lipinski definition) is 4. The van der Waals surface area contributed by atoms with Crippen molar-refractivity contribution in [2.75, 3.05) is 12.3 Å². The summed E-state index contributed by atoms with van der Waals surface area (Å²) in [7, 11) is -3.52. The van der Waals surface area contributed by atoms with Crippen LogP contribution in [0.4, 0.5) is 5.69 Å². The van der Waals surface area contributed by atoms with Gasteiger partial charge in [0.25, 0.3) is 10.0 Å². The van der Waals surface area contributed by atoms with Gasteiger partial charge < -0.3 is 5.73 Å². The molecule has 0 atom stereocenters. The highest BCUT2D eigenvalue weighted by molar-refractivity contribution is 7.89. The zero-order chi connectivity index (χ0) is 11.8. The van der Waals surface area contributed by atoms with Gasteiger partial charge in [-0.05, 0) is 25.0 Å². The Kier molecular flexibility index (Phi) is 2.86. The summed E-state index contributed by atoms with van der Waals surface area (Å²) in [6.45, 7) is 2.29. The van der Waals surface area contributed by atoms with Gasteiger partial charge in [0.15, 0.2) is 5.03 Å². The average molecular weight is 241 g/mol. The van der Waals surface area contributed by atoms with Crippen LogP contribution in [-0.2, 0) is 10.0 Å². The number of aromatic nitrogens is 1. The maximum absolute atomic E-state index is 12.2. The lowest BCUT2D eigenvalue weighted by Gasteiger charge is -2.19. The second-order valence-electron chi connectivity index (χ2n) is 3.84. The monoisotopic (exact) mass is 241 g/mol. The van der Waals surface area contributed by atoms with Crippen molar-refractivity contribution in [2.45, 2.75) is 30.8 Å². The third-order valence-corrected chi connectivity index (χ3v) is 4.62. The van der Waals surface area contributed by atoms with E-state index in [1.165, 1.54) is 10.5 Å². The van der Waals surface area contributed by atoms with E-state index in [1.807, 2.05) is 6.92 Å². The zero-order valence-corrected chi connectivity index (χ0v) is 9.94. The van der Waals surface area contributed by atoms with Crippen molar-refractivity contribution in [1.29, 1.82) is 0 Å². The number of nitrogens with zero attached hydrogens (tertiary/aromatic N) is 2. The average Bonchev–Trinajstić information content (AvgIpc) is 3.03. The number of rotatable bonds is 4. The first-order valence-electron chi connectivity index (χ1n) is 5.29. The fraction of sp³-hybridized carbons (Fsp3) is 0.500. The molecule has 0 aromatic carbocycles. The molecule has 0 amide bonds. The zero-order valence-electron chi connectivity index (χ0n) is 9.13. The summed E-state index contributed by atoms with van der Waals surface area (Å²) in [4.78, 5) is 3.87. The predicted molar refractivity (Wildman–Crippen MR) is 61.2 cm³/mol. The van der Waals surface area contributed by atoms with Crippen molar-refractivity contribution in [2.24, 2.45) is 0 Å². The molecular formula is C10H15N3O2S. The first-order valence-corrected chi connectivity index (χ1v) is 6.73. The second-order valence-corrected chi connectivity index (χ2v) is 5.64. The van der Waals surface area contributed by atoms with Gasteiger partial charge in [-0.2, -0.15) is 4.31 Å². The molecule has 1 heterocycles. The number of sulfonamides is 1. The number of hydrogen-bond donors (Lipinski definition) is 1. The van der Waals surface area contributed by atoms with Crippen molar-refractivity contribution >= 4 is 15.7 Å². The maximum atomic E-state index is 12.2. The van der Waals surface area contributed by atoms with Gasteiger partial charge in [-0.1, -0.05) is 6.92 Å². The van der Waals surface area contributed by atoms with E-state index in [0.29, 0.717) is 6.54 Å². The lowest BCUT2D eigenvalue weighted by molar-refractivity contribution is 0.419. The van der Waals surface area contributed by atoms with Crippen LogP contribution in [0, 0.1) is 0 Å². The van der Waals surface area contributed by atoms with E-state index >= 15 is 0 Å². The molecule has 1 aliphatic carbocycles. The summed E-state index contributed by atoms with van der Waals surface area (Å²) >= 11 is 0. The van der Waals surface area contributed by atoms with Gasteiger partial charge in [-0.3, -0.25) is 0 Å². The van der Waals surface area contributed by atoms with Crippen molar-refractivity contribution in [3.05, 3.63) is 18.3 Å². The number of pyridine rings is 1. The van der Waals surface area contributed by atoms with E-state index in [1.54, 1.807) is 12.1 Å². The minimum atomic E-state index is -3.52. The standard InChI is InChI=1S/C10H15N3O2S/c1-2-13(8-5-6-8)16(14,15)10-9(11)4-3-7-12-10/h3-4,7-8H,2,5-6,11H2,1H3. The van der Waals surface area contributed by atoms with Gasteiger partial charge in [0.05, 0.1) is 5.69 Å². The third-order valence-electron chi connectivity index (χ3n) is 2.62. The van der Waals surface area contributed by atoms with E-state index in [2.05, 4.69) is 4.98 Å². The third kappa shape index (κ3) is 1.90. The van der Waals surface area contributed by atoms with Gasteiger partial charge >= 0.3 is 0 Å². The molecule has 0 saturated heterocycles. The molecule has 0 radical (unpaired) electrons. The fourth-order valence-electron chi connectivity index (χ4n) is 1.72. The maximum Gasteiger partial charge on any atom is 0.262 e. The lowest BCUT2D eigenvalue weighted by Crippen LogP contribution is -2.33. The van der Waals surface area contributed by atoms with Crippen LogP contribution in [0.5, 0.6) is 0 Å². The Bertz CT molecular complexity index is 483. The van der Waals surface area contributed by atoms with Crippen molar-refractivity contribution in [3.8, 4) is 0 Å². The number of nitrogen functional groups attached to an aromatic ring is 1. The molecule has 5 nitrogen and oxygen atoms in total. The molecule has 2 N–H and O–H groups in total. The summed E-state index contributed by atoms with van der Waals surface area (Å²) in [5.74, 6) is 0. The summed E-state index contributed by atoms with van der Waals surface area (Å²) < 4.78 is 26.0. The summed E-state index contributed by atoms with van der Waals surface area (Å²) in [6, 6.07) is 3.32. The van der Waals surface area contributed by atoms with E-state index in [-0.39, 0.29) is 16.8 Å². The van der Waals surface area contributed by atoms with Gasteiger partial charge in [0.1, 0.15) is 0 Å². The quantitative estimate of drug-likeness (QED) is 0.847. The van der Waals surface area contributed by atoms with Crippen LogP contribution in [0.1, 0.15) is 19.8 Å². The van der Waals surface area contributed by atoms with E-state index < -0.39 is 10.0 Å². The molecule has 0 unspecified atom stereocenters. The lowest BCUT2D eigenvalue weighted by atomic mass is 10.4. The molecule has 0 bridgehead atoms. The van der Waals surface area contributed by atoms with Crippen LogP contribution >= 0.6 is 0 Å². The van der Waals surface area contributed by atoms with E-state index in [9.17, 15) is 8.42 Å². The normalized spacial score (nSPS) is 16.6. The largest absolute Gasteiger partial charge is 0.396 e. The number of nitrogens with two attached hydrogens (primary N) is 1. The van der Waals surface area contributed by atoms with Crippen LogP contribution < -0.4 is 5.73 Å². The van der Waals surface area contributed by atoms with Crippen LogP contribution in [-0.4, -0.2) is 30.3 Å². The molecule has 1 saturated carbocycles. The molecule has 1 aliphatic rings. The summed E-state index contributed by atoms with van der Waals surface area (Å²) in [5.41, 5.74) is 5.86. The van der Waals surface area contributed by atoms with Crippen molar-refractivity contribution < 1.29 is 8.42 Å². The number of anilines is 1. The first-order chi connectivity index (χ1) is 7.57. The van der Waals surface area contributed by atoms with E-state index in [4.69, 9.17) is 5.73 Å². The van der Waals surface area contributed by atoms with Crippen LogP contribution in [0.25, 0.3) is 0 Å². The summed E-state index contributed by atoms with van der Waals surface area (Å²) in [6.07, 6.45) is 3.31. The predicted octanol–water partition coefficient (Wildman–Crippen LogP) is 0.837. The first kappa shape index (κ1) is 11.3.